The van der Waals surface area contributed by atoms with Crippen LogP contribution in [0.15, 0.2) is 30.5 Å². The second-order valence-electron chi connectivity index (χ2n) is 7.35. The lowest BCUT2D eigenvalue weighted by atomic mass is 9.99. The highest BCUT2D eigenvalue weighted by molar-refractivity contribution is 6.30. The Balaban J connectivity index is 1.72. The van der Waals surface area contributed by atoms with Crippen molar-refractivity contribution in [3.63, 3.8) is 0 Å². The summed E-state index contributed by atoms with van der Waals surface area (Å²) in [5.74, 6) is 1.40. The third-order valence-electron chi connectivity index (χ3n) is 5.29. The minimum absolute atomic E-state index is 0.0451. The molecule has 1 fully saturated rings. The fourth-order valence-corrected chi connectivity index (χ4v) is 3.86. The molecular formula is C20H24ClN5O. The van der Waals surface area contributed by atoms with E-state index in [0.29, 0.717) is 10.9 Å². The lowest BCUT2D eigenvalue weighted by molar-refractivity contribution is 0.208. The summed E-state index contributed by atoms with van der Waals surface area (Å²) in [5.41, 5.74) is 3.67. The van der Waals surface area contributed by atoms with E-state index in [1.54, 1.807) is 6.20 Å². The predicted molar refractivity (Wildman–Crippen MR) is 107 cm³/mol. The Hall–Kier alpha value is -2.18. The predicted octanol–water partition coefficient (Wildman–Crippen LogP) is 3.45. The van der Waals surface area contributed by atoms with Crippen molar-refractivity contribution in [1.29, 1.82) is 0 Å². The topological polar surface area (TPSA) is 66.5 Å². The summed E-state index contributed by atoms with van der Waals surface area (Å²) in [5, 5.41) is 15.1. The molecule has 0 saturated carbocycles. The molecule has 6 nitrogen and oxygen atoms in total. The molecule has 0 aliphatic carbocycles. The lowest BCUT2D eigenvalue weighted by Crippen LogP contribution is -2.38. The van der Waals surface area contributed by atoms with E-state index < -0.39 is 0 Å². The van der Waals surface area contributed by atoms with Crippen LogP contribution in [0.2, 0.25) is 5.02 Å². The summed E-state index contributed by atoms with van der Waals surface area (Å²) in [6.07, 6.45) is 3.82. The lowest BCUT2D eigenvalue weighted by Gasteiger charge is -2.33. The van der Waals surface area contributed by atoms with E-state index >= 15 is 0 Å². The maximum atomic E-state index is 9.57. The minimum atomic E-state index is 0.0451. The van der Waals surface area contributed by atoms with Crippen LogP contribution in [0.25, 0.3) is 5.65 Å². The first kappa shape index (κ1) is 18.2. The number of hydrogen-bond donors (Lipinski definition) is 1. The molecule has 1 N–H and O–H groups in total. The number of hydrogen-bond acceptors (Lipinski definition) is 5. The summed E-state index contributed by atoms with van der Waals surface area (Å²) in [6.45, 7) is 6.14. The summed E-state index contributed by atoms with van der Waals surface area (Å²) in [6, 6.07) is 7.90. The quantitative estimate of drug-likeness (QED) is 0.745. The third-order valence-corrected chi connectivity index (χ3v) is 5.52. The number of rotatable bonds is 4. The molecule has 7 heteroatoms. The summed E-state index contributed by atoms with van der Waals surface area (Å²) >= 11 is 5.96. The first-order chi connectivity index (χ1) is 13.0. The van der Waals surface area contributed by atoms with Crippen LogP contribution in [0.4, 0.5) is 5.82 Å². The molecule has 2 atom stereocenters. The van der Waals surface area contributed by atoms with E-state index in [-0.39, 0.29) is 12.5 Å². The van der Waals surface area contributed by atoms with Gasteiger partial charge in [-0.05, 0) is 37.8 Å². The van der Waals surface area contributed by atoms with Gasteiger partial charge in [-0.1, -0.05) is 18.5 Å². The molecule has 2 unspecified atom stereocenters. The highest BCUT2D eigenvalue weighted by Gasteiger charge is 2.23. The van der Waals surface area contributed by atoms with Crippen molar-refractivity contribution in [1.82, 2.24) is 19.6 Å². The van der Waals surface area contributed by atoms with Crippen LogP contribution in [0.3, 0.4) is 0 Å². The molecule has 0 spiro atoms. The molecule has 4 rings (SSSR count). The molecule has 3 aromatic heterocycles. The first-order valence-corrected chi connectivity index (χ1v) is 9.77. The maximum Gasteiger partial charge on any atom is 0.157 e. The van der Waals surface area contributed by atoms with Crippen LogP contribution < -0.4 is 4.90 Å². The molecule has 4 heterocycles. The van der Waals surface area contributed by atoms with Gasteiger partial charge in [0.1, 0.15) is 5.82 Å². The molecule has 0 amide bonds. The van der Waals surface area contributed by atoms with Gasteiger partial charge in [0, 0.05) is 55.3 Å². The second kappa shape index (κ2) is 7.44. The molecule has 1 aliphatic rings. The van der Waals surface area contributed by atoms with Gasteiger partial charge < -0.3 is 10.0 Å². The molecule has 142 valence electrons. The fraction of sp³-hybridized carbons (Fsp3) is 0.450. The number of halogens is 1. The Labute approximate surface area is 163 Å². The Morgan fingerprint density at radius 2 is 2.15 bits per heavy atom. The van der Waals surface area contributed by atoms with Crippen LogP contribution >= 0.6 is 11.6 Å². The molecule has 0 aromatic carbocycles. The second-order valence-corrected chi connectivity index (χ2v) is 7.79. The number of anilines is 1. The summed E-state index contributed by atoms with van der Waals surface area (Å²) in [4.78, 5) is 11.4. The molecule has 27 heavy (non-hydrogen) atoms. The zero-order chi connectivity index (χ0) is 19.0. The van der Waals surface area contributed by atoms with Gasteiger partial charge in [0.25, 0.3) is 0 Å². The van der Waals surface area contributed by atoms with Crippen molar-refractivity contribution < 1.29 is 5.11 Å². The summed E-state index contributed by atoms with van der Waals surface area (Å²) < 4.78 is 1.93. The molecule has 0 bridgehead atoms. The van der Waals surface area contributed by atoms with Crippen LogP contribution in [-0.4, -0.2) is 44.4 Å². The van der Waals surface area contributed by atoms with Crippen molar-refractivity contribution in [3.05, 3.63) is 52.6 Å². The number of aliphatic hydroxyl groups excluding tert-OH is 1. The Bertz CT molecular complexity index is 939. The molecule has 1 saturated heterocycles. The van der Waals surface area contributed by atoms with Crippen LogP contribution in [0, 0.1) is 12.8 Å². The van der Waals surface area contributed by atoms with Crippen LogP contribution in [0.5, 0.6) is 0 Å². The highest BCUT2D eigenvalue weighted by atomic mass is 35.5. The number of aromatic nitrogens is 4. The van der Waals surface area contributed by atoms with E-state index in [2.05, 4.69) is 27.9 Å². The number of piperidine rings is 1. The zero-order valence-electron chi connectivity index (χ0n) is 15.6. The van der Waals surface area contributed by atoms with Gasteiger partial charge in [0.05, 0.1) is 10.7 Å². The third kappa shape index (κ3) is 3.64. The van der Waals surface area contributed by atoms with E-state index in [1.165, 1.54) is 0 Å². The molecule has 3 aromatic rings. The average molecular weight is 386 g/mol. The largest absolute Gasteiger partial charge is 0.396 e. The zero-order valence-corrected chi connectivity index (χ0v) is 16.4. The van der Waals surface area contributed by atoms with E-state index in [4.69, 9.17) is 16.7 Å². The minimum Gasteiger partial charge on any atom is -0.396 e. The monoisotopic (exact) mass is 385 g/mol. The highest BCUT2D eigenvalue weighted by Crippen LogP contribution is 2.28. The molecule has 1 aliphatic heterocycles. The van der Waals surface area contributed by atoms with Gasteiger partial charge in [-0.25, -0.2) is 4.98 Å². The number of pyridine rings is 1. The van der Waals surface area contributed by atoms with Gasteiger partial charge in [0.15, 0.2) is 5.65 Å². The Kier molecular flexibility index (Phi) is 5.02. The number of aliphatic hydroxyl groups is 1. The van der Waals surface area contributed by atoms with Gasteiger partial charge in [-0.3, -0.25) is 4.98 Å². The van der Waals surface area contributed by atoms with Crippen LogP contribution in [0.1, 0.15) is 42.8 Å². The van der Waals surface area contributed by atoms with Crippen molar-refractivity contribution >= 4 is 23.1 Å². The Morgan fingerprint density at radius 1 is 1.30 bits per heavy atom. The number of fused-ring (bicyclic) bond motifs is 1. The van der Waals surface area contributed by atoms with Crippen LogP contribution in [-0.2, 0) is 0 Å². The smallest absolute Gasteiger partial charge is 0.157 e. The first-order valence-electron chi connectivity index (χ1n) is 9.39. The number of aryl methyl sites for hydroxylation is 1. The van der Waals surface area contributed by atoms with E-state index in [0.717, 1.165) is 54.5 Å². The SMILES string of the molecule is Cc1cc(N2CCCC(CO)C2)n2nc(C(C)c3ccc(Cl)cn3)cc2n1. The van der Waals surface area contributed by atoms with E-state index in [9.17, 15) is 5.11 Å². The fourth-order valence-electron chi connectivity index (χ4n) is 3.75. The van der Waals surface area contributed by atoms with Crippen molar-refractivity contribution in [2.45, 2.75) is 32.6 Å². The molecule has 0 radical (unpaired) electrons. The normalized spacial score (nSPS) is 18.8. The average Bonchev–Trinajstić information content (AvgIpc) is 3.11. The van der Waals surface area contributed by atoms with Crippen molar-refractivity contribution in [2.24, 2.45) is 5.92 Å². The van der Waals surface area contributed by atoms with Gasteiger partial charge >= 0.3 is 0 Å². The summed E-state index contributed by atoms with van der Waals surface area (Å²) in [7, 11) is 0. The van der Waals surface area contributed by atoms with Crippen molar-refractivity contribution in [3.8, 4) is 0 Å². The van der Waals surface area contributed by atoms with Gasteiger partial charge in [0.2, 0.25) is 0 Å². The number of nitrogens with zero attached hydrogens (tertiary/aromatic N) is 5. The standard InChI is InChI=1S/C20H24ClN5O/c1-13-8-20(25-7-3-4-15(11-25)12-27)26-19(23-13)9-18(24-26)14(2)17-6-5-16(21)10-22-17/h5-6,8-10,14-15,27H,3-4,7,11-12H2,1-2H3. The Morgan fingerprint density at radius 3 is 2.89 bits per heavy atom. The van der Waals surface area contributed by atoms with Crippen molar-refractivity contribution in [2.75, 3.05) is 24.6 Å². The maximum absolute atomic E-state index is 9.57. The molecular weight excluding hydrogens is 362 g/mol. The van der Waals surface area contributed by atoms with Gasteiger partial charge in [-0.2, -0.15) is 9.61 Å². The van der Waals surface area contributed by atoms with Gasteiger partial charge in [-0.15, -0.1) is 0 Å². The van der Waals surface area contributed by atoms with E-state index in [1.807, 2.05) is 29.6 Å².